The summed E-state index contributed by atoms with van der Waals surface area (Å²) in [7, 11) is 4.22. The zero-order chi connectivity index (χ0) is 19.4. The van der Waals surface area contributed by atoms with E-state index < -0.39 is 0 Å². The van der Waals surface area contributed by atoms with Crippen LogP contribution in [-0.4, -0.2) is 14.0 Å². The topological polar surface area (TPSA) is 26.1 Å². The van der Waals surface area contributed by atoms with Crippen molar-refractivity contribution in [1.82, 2.24) is 14.0 Å². The van der Waals surface area contributed by atoms with Gasteiger partial charge in [0.05, 0.1) is 11.0 Å². The normalized spacial score (nSPS) is 11.6. The first-order chi connectivity index (χ1) is 13.5. The van der Waals surface area contributed by atoms with E-state index >= 15 is 0 Å². The number of hydrogen-bond acceptors (Lipinski definition) is 1. The van der Waals surface area contributed by atoms with Crippen molar-refractivity contribution in [2.75, 3.05) is 0 Å². The minimum absolute atomic E-state index is 0.952. The summed E-state index contributed by atoms with van der Waals surface area (Å²) in [5.74, 6) is 0.952. The molecule has 0 atom stereocenters. The lowest BCUT2D eigenvalue weighted by atomic mass is 10.0. The number of aromatic nitrogens is 4. The summed E-state index contributed by atoms with van der Waals surface area (Å²) in [6.45, 7) is 4.31. The molecule has 0 spiro atoms. The molecule has 138 valence electrons. The standard InChI is InChI=1S/C24H23N4/c1-16-12-13-18(17(2)14-16)20-10-7-11-22(26(20)3)23-15-28-21-9-6-5-8-19(21)25-24(28)27(23)4/h5-15H,1-4H3/q+1. The van der Waals surface area contributed by atoms with Gasteiger partial charge in [-0.1, -0.05) is 29.8 Å². The third-order valence-electron chi connectivity index (χ3n) is 5.64. The van der Waals surface area contributed by atoms with Gasteiger partial charge in [-0.15, -0.1) is 0 Å². The molecule has 0 bridgehead atoms. The Kier molecular flexibility index (Phi) is 3.63. The van der Waals surface area contributed by atoms with Crippen molar-refractivity contribution in [3.63, 3.8) is 0 Å². The molecule has 3 aromatic heterocycles. The van der Waals surface area contributed by atoms with Gasteiger partial charge in [0.1, 0.15) is 12.7 Å². The van der Waals surface area contributed by atoms with Gasteiger partial charge in [0, 0.05) is 30.9 Å². The molecule has 0 amide bonds. The predicted octanol–water partition coefficient (Wildman–Crippen LogP) is 4.60. The highest BCUT2D eigenvalue weighted by Crippen LogP contribution is 2.26. The molecule has 0 radical (unpaired) electrons. The number of imidazole rings is 2. The van der Waals surface area contributed by atoms with Gasteiger partial charge in [0.25, 0.3) is 0 Å². The van der Waals surface area contributed by atoms with Crippen LogP contribution in [0, 0.1) is 13.8 Å². The van der Waals surface area contributed by atoms with Crippen molar-refractivity contribution < 1.29 is 4.57 Å². The third kappa shape index (κ3) is 2.38. The van der Waals surface area contributed by atoms with Crippen LogP contribution in [0.3, 0.4) is 0 Å². The molecule has 5 aromatic rings. The second kappa shape index (κ2) is 6.06. The average molecular weight is 367 g/mol. The van der Waals surface area contributed by atoms with E-state index in [4.69, 9.17) is 4.98 Å². The van der Waals surface area contributed by atoms with E-state index in [1.807, 2.05) is 6.07 Å². The van der Waals surface area contributed by atoms with Crippen LogP contribution in [0.2, 0.25) is 0 Å². The van der Waals surface area contributed by atoms with E-state index in [-0.39, 0.29) is 0 Å². The van der Waals surface area contributed by atoms with Crippen molar-refractivity contribution in [3.8, 4) is 22.6 Å². The van der Waals surface area contributed by atoms with Gasteiger partial charge in [-0.25, -0.2) is 4.98 Å². The molecular weight excluding hydrogens is 344 g/mol. The van der Waals surface area contributed by atoms with Crippen LogP contribution >= 0.6 is 0 Å². The summed E-state index contributed by atoms with van der Waals surface area (Å²) in [6, 6.07) is 21.4. The van der Waals surface area contributed by atoms with Gasteiger partial charge >= 0.3 is 0 Å². The third-order valence-corrected chi connectivity index (χ3v) is 5.64. The second-order valence-corrected chi connectivity index (χ2v) is 7.52. The fraction of sp³-hybridized carbons (Fsp3) is 0.167. The number of nitrogens with zero attached hydrogens (tertiary/aromatic N) is 4. The van der Waals surface area contributed by atoms with Crippen LogP contribution in [0.1, 0.15) is 11.1 Å². The smallest absolute Gasteiger partial charge is 0.231 e. The summed E-state index contributed by atoms with van der Waals surface area (Å²) >= 11 is 0. The van der Waals surface area contributed by atoms with E-state index in [1.165, 1.54) is 22.4 Å². The van der Waals surface area contributed by atoms with E-state index in [0.29, 0.717) is 0 Å². The Bertz CT molecular complexity index is 1350. The lowest BCUT2D eigenvalue weighted by Crippen LogP contribution is -2.34. The first kappa shape index (κ1) is 16.8. The summed E-state index contributed by atoms with van der Waals surface area (Å²) < 4.78 is 6.62. The number of pyridine rings is 1. The van der Waals surface area contributed by atoms with E-state index in [0.717, 1.165) is 28.2 Å². The Labute approximate surface area is 164 Å². The Hall–Kier alpha value is -3.40. The van der Waals surface area contributed by atoms with E-state index in [1.54, 1.807) is 0 Å². The van der Waals surface area contributed by atoms with Crippen LogP contribution in [0.5, 0.6) is 0 Å². The molecule has 4 heteroatoms. The van der Waals surface area contributed by atoms with Crippen molar-refractivity contribution in [2.24, 2.45) is 14.1 Å². The number of benzene rings is 2. The Balaban J connectivity index is 1.73. The molecule has 0 fully saturated rings. The van der Waals surface area contributed by atoms with Crippen LogP contribution in [0.4, 0.5) is 0 Å². The maximum Gasteiger partial charge on any atom is 0.231 e. The lowest BCUT2D eigenvalue weighted by molar-refractivity contribution is -0.649. The van der Waals surface area contributed by atoms with Crippen LogP contribution in [0.15, 0.2) is 66.9 Å². The minimum atomic E-state index is 0.952. The molecule has 3 heterocycles. The predicted molar refractivity (Wildman–Crippen MR) is 113 cm³/mol. The second-order valence-electron chi connectivity index (χ2n) is 7.52. The molecule has 0 aliphatic heterocycles. The van der Waals surface area contributed by atoms with Gasteiger partial charge in [-0.2, -0.15) is 4.57 Å². The lowest BCUT2D eigenvalue weighted by Gasteiger charge is -2.08. The highest BCUT2D eigenvalue weighted by atomic mass is 15.2. The molecule has 0 aliphatic rings. The quantitative estimate of drug-likeness (QED) is 0.419. The number of aryl methyl sites for hydroxylation is 3. The first-order valence-electron chi connectivity index (χ1n) is 9.54. The fourth-order valence-corrected chi connectivity index (χ4v) is 4.16. The highest BCUT2D eigenvalue weighted by Gasteiger charge is 2.22. The molecule has 0 saturated carbocycles. The van der Waals surface area contributed by atoms with Crippen molar-refractivity contribution in [2.45, 2.75) is 13.8 Å². The summed E-state index contributed by atoms with van der Waals surface area (Å²) in [4.78, 5) is 4.81. The number of hydrogen-bond donors (Lipinski definition) is 0. The molecule has 0 N–H and O–H groups in total. The monoisotopic (exact) mass is 367 g/mol. The molecule has 2 aromatic carbocycles. The van der Waals surface area contributed by atoms with Crippen molar-refractivity contribution in [1.29, 1.82) is 0 Å². The average Bonchev–Trinajstić information content (AvgIpc) is 3.20. The van der Waals surface area contributed by atoms with Crippen LogP contribution < -0.4 is 4.57 Å². The number of para-hydroxylation sites is 2. The number of rotatable bonds is 2. The van der Waals surface area contributed by atoms with Crippen LogP contribution in [-0.2, 0) is 14.1 Å². The van der Waals surface area contributed by atoms with Crippen molar-refractivity contribution in [3.05, 3.63) is 78.0 Å². The van der Waals surface area contributed by atoms with Gasteiger partial charge in [-0.05, 0) is 43.7 Å². The largest absolute Gasteiger partial charge is 0.308 e. The van der Waals surface area contributed by atoms with Gasteiger partial charge in [0.2, 0.25) is 17.2 Å². The Morgan fingerprint density at radius 2 is 1.68 bits per heavy atom. The fourth-order valence-electron chi connectivity index (χ4n) is 4.16. The van der Waals surface area contributed by atoms with Crippen LogP contribution in [0.25, 0.3) is 39.5 Å². The summed E-state index contributed by atoms with van der Waals surface area (Å²) in [5, 5.41) is 0. The summed E-state index contributed by atoms with van der Waals surface area (Å²) in [5.41, 5.74) is 9.51. The molecule has 0 unspecified atom stereocenters. The summed E-state index contributed by atoms with van der Waals surface area (Å²) in [6.07, 6.45) is 2.19. The van der Waals surface area contributed by atoms with Gasteiger partial charge in [-0.3, -0.25) is 4.40 Å². The molecule has 0 saturated heterocycles. The SMILES string of the molecule is Cc1ccc(-c2cccc(-c3cn4c5ccccc5nc4n3C)[n+]2C)c(C)c1. The Morgan fingerprint density at radius 1 is 0.893 bits per heavy atom. The minimum Gasteiger partial charge on any atom is -0.308 e. The molecule has 28 heavy (non-hydrogen) atoms. The maximum atomic E-state index is 4.81. The number of fused-ring (bicyclic) bond motifs is 3. The zero-order valence-corrected chi connectivity index (χ0v) is 16.6. The maximum absolute atomic E-state index is 4.81. The molecule has 0 aliphatic carbocycles. The highest BCUT2D eigenvalue weighted by molar-refractivity contribution is 5.81. The molecule has 5 rings (SSSR count). The Morgan fingerprint density at radius 3 is 2.50 bits per heavy atom. The van der Waals surface area contributed by atoms with Crippen molar-refractivity contribution >= 4 is 16.8 Å². The van der Waals surface area contributed by atoms with Gasteiger partial charge in [0.15, 0.2) is 0 Å². The zero-order valence-electron chi connectivity index (χ0n) is 16.6. The molecule has 4 nitrogen and oxygen atoms in total. The van der Waals surface area contributed by atoms with E-state index in [9.17, 15) is 0 Å². The first-order valence-corrected chi connectivity index (χ1v) is 9.54. The molecular formula is C24H23N4+. The van der Waals surface area contributed by atoms with E-state index in [2.05, 4.69) is 102 Å². The van der Waals surface area contributed by atoms with Gasteiger partial charge < -0.3 is 4.57 Å².